The van der Waals surface area contributed by atoms with Crippen molar-refractivity contribution in [1.29, 1.82) is 0 Å². The van der Waals surface area contributed by atoms with Crippen LogP contribution in [0.1, 0.15) is 37.0 Å². The molecule has 0 saturated heterocycles. The van der Waals surface area contributed by atoms with Crippen LogP contribution in [0.4, 0.5) is 5.69 Å². The van der Waals surface area contributed by atoms with Crippen molar-refractivity contribution in [2.45, 2.75) is 38.4 Å². The smallest absolute Gasteiger partial charge is 0.224 e. The Kier molecular flexibility index (Phi) is 7.00. The molecular formula is C20H22N4O2S2. The van der Waals surface area contributed by atoms with E-state index in [0.29, 0.717) is 17.7 Å². The molecule has 0 aliphatic heterocycles. The lowest BCUT2D eigenvalue weighted by molar-refractivity contribution is -0.116. The van der Waals surface area contributed by atoms with E-state index in [2.05, 4.69) is 15.5 Å². The molecule has 2 aromatic heterocycles. The zero-order valence-electron chi connectivity index (χ0n) is 15.8. The third-order valence-corrected chi connectivity index (χ3v) is 5.91. The van der Waals surface area contributed by atoms with Gasteiger partial charge in [-0.1, -0.05) is 24.8 Å². The minimum Gasteiger partial charge on any atom is -0.326 e. The lowest BCUT2D eigenvalue weighted by Gasteiger charge is -2.07. The highest BCUT2D eigenvalue weighted by molar-refractivity contribution is 7.99. The number of anilines is 1. The summed E-state index contributed by atoms with van der Waals surface area (Å²) < 4.78 is 2.02. The maximum Gasteiger partial charge on any atom is 0.224 e. The Labute approximate surface area is 172 Å². The molecule has 28 heavy (non-hydrogen) atoms. The van der Waals surface area contributed by atoms with Gasteiger partial charge < -0.3 is 9.88 Å². The van der Waals surface area contributed by atoms with Crippen LogP contribution in [0.3, 0.4) is 0 Å². The first kappa shape index (κ1) is 20.3. The highest BCUT2D eigenvalue weighted by Gasteiger charge is 2.16. The first-order valence-electron chi connectivity index (χ1n) is 9.15. The molecule has 8 heteroatoms. The fourth-order valence-electron chi connectivity index (χ4n) is 2.67. The second kappa shape index (κ2) is 9.66. The van der Waals surface area contributed by atoms with Crippen molar-refractivity contribution in [3.63, 3.8) is 0 Å². The monoisotopic (exact) mass is 414 g/mol. The number of nitrogens with zero attached hydrogens (tertiary/aromatic N) is 3. The summed E-state index contributed by atoms with van der Waals surface area (Å²) in [5.74, 6) is 1.11. The first-order valence-corrected chi connectivity index (χ1v) is 11.0. The van der Waals surface area contributed by atoms with E-state index in [1.807, 2.05) is 35.9 Å². The zero-order valence-corrected chi connectivity index (χ0v) is 17.5. The Hall–Kier alpha value is -2.45. The number of thiophene rings is 1. The Morgan fingerprint density at radius 1 is 1.14 bits per heavy atom. The van der Waals surface area contributed by atoms with Crippen LogP contribution in [-0.4, -0.2) is 32.2 Å². The molecule has 6 nitrogen and oxygen atoms in total. The van der Waals surface area contributed by atoms with Gasteiger partial charge in [-0.3, -0.25) is 9.59 Å². The van der Waals surface area contributed by atoms with Crippen molar-refractivity contribution in [2.75, 3.05) is 11.1 Å². The number of aromatic nitrogens is 3. The first-order chi connectivity index (χ1) is 13.6. The average Bonchev–Trinajstić information content (AvgIpc) is 3.36. The van der Waals surface area contributed by atoms with E-state index in [9.17, 15) is 9.59 Å². The zero-order chi connectivity index (χ0) is 19.9. The fourth-order valence-corrected chi connectivity index (χ4v) is 4.29. The summed E-state index contributed by atoms with van der Waals surface area (Å²) in [7, 11) is 0. The lowest BCUT2D eigenvalue weighted by Crippen LogP contribution is -2.11. The molecule has 1 N–H and O–H groups in total. The minimum atomic E-state index is -0.0161. The molecule has 1 amide bonds. The third-order valence-electron chi connectivity index (χ3n) is 4.07. The third kappa shape index (κ3) is 4.88. The van der Waals surface area contributed by atoms with Gasteiger partial charge in [0.05, 0.1) is 10.6 Å². The molecule has 0 saturated carbocycles. The Morgan fingerprint density at radius 2 is 1.93 bits per heavy atom. The molecule has 3 rings (SSSR count). The van der Waals surface area contributed by atoms with Crippen LogP contribution < -0.4 is 5.32 Å². The van der Waals surface area contributed by atoms with Crippen molar-refractivity contribution >= 4 is 40.5 Å². The van der Waals surface area contributed by atoms with E-state index < -0.39 is 0 Å². The molecule has 3 aromatic rings. The summed E-state index contributed by atoms with van der Waals surface area (Å²) >= 11 is 3.01. The van der Waals surface area contributed by atoms with Crippen LogP contribution in [0.25, 0.3) is 10.7 Å². The summed E-state index contributed by atoms with van der Waals surface area (Å²) in [4.78, 5) is 25.2. The van der Waals surface area contributed by atoms with E-state index in [4.69, 9.17) is 0 Å². The van der Waals surface area contributed by atoms with Gasteiger partial charge in [-0.05, 0) is 49.1 Å². The molecule has 0 unspecified atom stereocenters. The number of nitrogens with one attached hydrogen (secondary N) is 1. The Bertz CT molecular complexity index is 934. The van der Waals surface area contributed by atoms with Gasteiger partial charge in [-0.2, -0.15) is 0 Å². The van der Waals surface area contributed by atoms with Crippen LogP contribution >= 0.6 is 23.1 Å². The summed E-state index contributed by atoms with van der Waals surface area (Å²) in [5.41, 5.74) is 1.32. The number of ketones is 1. The maximum atomic E-state index is 12.5. The van der Waals surface area contributed by atoms with E-state index in [0.717, 1.165) is 28.8 Å². The summed E-state index contributed by atoms with van der Waals surface area (Å²) in [6, 6.07) is 11.0. The van der Waals surface area contributed by atoms with Crippen LogP contribution in [0, 0.1) is 0 Å². The van der Waals surface area contributed by atoms with E-state index >= 15 is 0 Å². The number of carbonyl (C=O) groups is 2. The second-order valence-corrected chi connectivity index (χ2v) is 8.01. The number of amides is 1. The topological polar surface area (TPSA) is 76.9 Å². The summed E-state index contributed by atoms with van der Waals surface area (Å²) in [5, 5.41) is 14.1. The molecule has 1 aromatic carbocycles. The van der Waals surface area contributed by atoms with E-state index in [1.165, 1.54) is 11.8 Å². The summed E-state index contributed by atoms with van der Waals surface area (Å²) in [6.45, 7) is 4.74. The predicted octanol–water partition coefficient (Wildman–Crippen LogP) is 4.74. The maximum absolute atomic E-state index is 12.5. The molecule has 0 aliphatic carbocycles. The number of rotatable bonds is 9. The minimum absolute atomic E-state index is 0.0137. The van der Waals surface area contributed by atoms with Gasteiger partial charge in [0, 0.05) is 24.2 Å². The van der Waals surface area contributed by atoms with Crippen molar-refractivity contribution in [2.24, 2.45) is 0 Å². The molecule has 0 fully saturated rings. The highest BCUT2D eigenvalue weighted by atomic mass is 32.2. The molecule has 0 aliphatic rings. The van der Waals surface area contributed by atoms with Crippen LogP contribution in [-0.2, 0) is 11.3 Å². The van der Waals surface area contributed by atoms with Crippen LogP contribution in [0.15, 0.2) is 46.9 Å². The lowest BCUT2D eigenvalue weighted by atomic mass is 10.1. The molecular weight excluding hydrogens is 392 g/mol. The Balaban J connectivity index is 1.62. The normalized spacial score (nSPS) is 10.8. The van der Waals surface area contributed by atoms with Crippen molar-refractivity contribution < 1.29 is 9.59 Å². The number of benzene rings is 1. The van der Waals surface area contributed by atoms with Crippen molar-refractivity contribution in [3.05, 3.63) is 47.3 Å². The standard InChI is InChI=1S/C20H22N4O2S2/c1-3-6-18(26)21-15-10-8-14(9-11-15)16(25)13-28-20-23-22-19(24(20)4-2)17-7-5-12-27-17/h5,7-12H,3-4,6,13H2,1-2H3,(H,21,26). The highest BCUT2D eigenvalue weighted by Crippen LogP contribution is 2.27. The molecule has 0 spiro atoms. The fraction of sp³-hybridized carbons (Fsp3) is 0.300. The van der Waals surface area contributed by atoms with Gasteiger partial charge in [-0.25, -0.2) is 0 Å². The number of thioether (sulfide) groups is 1. The SMILES string of the molecule is CCCC(=O)Nc1ccc(C(=O)CSc2nnc(-c3cccs3)n2CC)cc1. The van der Waals surface area contributed by atoms with E-state index in [-0.39, 0.29) is 17.4 Å². The van der Waals surface area contributed by atoms with Crippen LogP contribution in [0.2, 0.25) is 0 Å². The Morgan fingerprint density at radius 3 is 2.57 bits per heavy atom. The summed E-state index contributed by atoms with van der Waals surface area (Å²) in [6.07, 6.45) is 1.29. The van der Waals surface area contributed by atoms with E-state index in [1.54, 1.807) is 35.6 Å². The molecule has 0 radical (unpaired) electrons. The molecule has 2 heterocycles. The van der Waals surface area contributed by atoms with Gasteiger partial charge in [-0.15, -0.1) is 21.5 Å². The molecule has 146 valence electrons. The van der Waals surface area contributed by atoms with Gasteiger partial charge in [0.15, 0.2) is 16.8 Å². The van der Waals surface area contributed by atoms with Gasteiger partial charge in [0.25, 0.3) is 0 Å². The predicted molar refractivity (Wildman–Crippen MR) is 114 cm³/mol. The van der Waals surface area contributed by atoms with Crippen molar-refractivity contribution in [1.82, 2.24) is 14.8 Å². The second-order valence-electron chi connectivity index (χ2n) is 6.12. The number of Topliss-reactive ketones (excluding diaryl/α,β-unsaturated/α-hetero) is 1. The number of hydrogen-bond donors (Lipinski definition) is 1. The van der Waals surface area contributed by atoms with Crippen LogP contribution in [0.5, 0.6) is 0 Å². The number of hydrogen-bond acceptors (Lipinski definition) is 6. The number of carbonyl (C=O) groups excluding carboxylic acids is 2. The molecule has 0 atom stereocenters. The van der Waals surface area contributed by atoms with Gasteiger partial charge in [0.2, 0.25) is 5.91 Å². The van der Waals surface area contributed by atoms with Gasteiger partial charge >= 0.3 is 0 Å². The van der Waals surface area contributed by atoms with Gasteiger partial charge in [0.1, 0.15) is 0 Å². The van der Waals surface area contributed by atoms with Crippen molar-refractivity contribution in [3.8, 4) is 10.7 Å². The largest absolute Gasteiger partial charge is 0.326 e. The molecule has 0 bridgehead atoms. The average molecular weight is 415 g/mol. The quantitative estimate of drug-likeness (QED) is 0.404.